The van der Waals surface area contributed by atoms with Crippen molar-refractivity contribution in [1.29, 1.82) is 0 Å². The third-order valence-corrected chi connectivity index (χ3v) is 19.8. The van der Waals surface area contributed by atoms with Gasteiger partial charge in [-0.25, -0.2) is 9.13 Å². The topological polar surface area (TPSA) is 237 Å². The summed E-state index contributed by atoms with van der Waals surface area (Å²) in [5.41, 5.74) is 0. The summed E-state index contributed by atoms with van der Waals surface area (Å²) in [4.78, 5) is 72.8. The number of carbonyl (C=O) groups is 4. The monoisotopic (exact) mass is 1410 g/mol. The summed E-state index contributed by atoms with van der Waals surface area (Å²) in [7, 11) is -9.91. The van der Waals surface area contributed by atoms with Crippen molar-refractivity contribution in [2.24, 2.45) is 17.8 Å². The van der Waals surface area contributed by atoms with Crippen LogP contribution in [0, 0.1) is 17.8 Å². The average molecular weight is 1410 g/mol. The minimum absolute atomic E-state index is 0.107. The summed E-state index contributed by atoms with van der Waals surface area (Å²) in [5.74, 6) is 0.140. The van der Waals surface area contributed by atoms with Gasteiger partial charge in [-0.2, -0.15) is 0 Å². The molecule has 19 heteroatoms. The third-order valence-electron chi connectivity index (χ3n) is 17.9. The Labute approximate surface area is 588 Å². The number of esters is 4. The normalized spacial score (nSPS) is 14.1. The van der Waals surface area contributed by atoms with Gasteiger partial charge in [0.15, 0.2) is 12.2 Å². The fourth-order valence-corrected chi connectivity index (χ4v) is 13.4. The lowest BCUT2D eigenvalue weighted by Crippen LogP contribution is -2.30. The molecule has 0 spiro atoms. The van der Waals surface area contributed by atoms with Gasteiger partial charge in [-0.3, -0.25) is 37.3 Å². The summed E-state index contributed by atoms with van der Waals surface area (Å²) < 4.78 is 68.6. The van der Waals surface area contributed by atoms with Gasteiger partial charge in [-0.15, -0.1) is 0 Å². The van der Waals surface area contributed by atoms with Crippen LogP contribution in [0.2, 0.25) is 0 Å². The second-order valence-corrected chi connectivity index (χ2v) is 32.1. The van der Waals surface area contributed by atoms with Crippen molar-refractivity contribution < 1.29 is 80.2 Å². The molecule has 0 bridgehead atoms. The number of unbranched alkanes of at least 4 members (excludes halogenated alkanes) is 43. The van der Waals surface area contributed by atoms with Crippen molar-refractivity contribution >= 4 is 39.5 Å². The van der Waals surface area contributed by atoms with Crippen molar-refractivity contribution in [1.82, 2.24) is 0 Å². The highest BCUT2D eigenvalue weighted by Crippen LogP contribution is 2.45. The van der Waals surface area contributed by atoms with E-state index in [0.29, 0.717) is 31.6 Å². The van der Waals surface area contributed by atoms with Gasteiger partial charge in [-0.05, 0) is 43.4 Å². The summed E-state index contributed by atoms with van der Waals surface area (Å²) in [6, 6.07) is 0. The highest BCUT2D eigenvalue weighted by atomic mass is 31.2. The molecule has 2 unspecified atom stereocenters. The van der Waals surface area contributed by atoms with Gasteiger partial charge < -0.3 is 33.8 Å². The number of ether oxygens (including phenoxy) is 4. The molecule has 0 aromatic heterocycles. The van der Waals surface area contributed by atoms with Gasteiger partial charge in [0, 0.05) is 25.7 Å². The van der Waals surface area contributed by atoms with Crippen LogP contribution in [0.3, 0.4) is 0 Å². The quantitative estimate of drug-likeness (QED) is 0.0222. The van der Waals surface area contributed by atoms with Crippen molar-refractivity contribution in [2.75, 3.05) is 39.6 Å². The number of carbonyl (C=O) groups excluding carboxylic acids is 4. The third kappa shape index (κ3) is 70.5. The van der Waals surface area contributed by atoms with Gasteiger partial charge in [0.1, 0.15) is 19.3 Å². The molecule has 0 saturated heterocycles. The Kier molecular flexibility index (Phi) is 66.2. The van der Waals surface area contributed by atoms with E-state index in [1.165, 1.54) is 199 Å². The van der Waals surface area contributed by atoms with Crippen molar-refractivity contribution in [3.8, 4) is 0 Å². The largest absolute Gasteiger partial charge is 0.472 e. The Morgan fingerprint density at radius 2 is 0.479 bits per heavy atom. The number of hydrogen-bond acceptors (Lipinski definition) is 15. The molecular weight excluding hydrogens is 1260 g/mol. The van der Waals surface area contributed by atoms with E-state index in [9.17, 15) is 43.2 Å². The number of aliphatic hydroxyl groups is 1. The number of aliphatic hydroxyl groups excluding tert-OH is 1. The molecule has 0 aliphatic heterocycles. The van der Waals surface area contributed by atoms with Crippen LogP contribution < -0.4 is 0 Å². The van der Waals surface area contributed by atoms with Crippen LogP contribution in [0.4, 0.5) is 0 Å². The Morgan fingerprint density at radius 1 is 0.281 bits per heavy atom. The maximum absolute atomic E-state index is 13.1. The molecule has 3 N–H and O–H groups in total. The van der Waals surface area contributed by atoms with Gasteiger partial charge in [0.05, 0.1) is 26.4 Å². The van der Waals surface area contributed by atoms with Gasteiger partial charge in [0.2, 0.25) is 0 Å². The molecule has 0 rings (SSSR count). The summed E-state index contributed by atoms with van der Waals surface area (Å²) >= 11 is 0. The predicted molar refractivity (Wildman–Crippen MR) is 391 cm³/mol. The molecule has 570 valence electrons. The first kappa shape index (κ1) is 94.1. The first-order chi connectivity index (χ1) is 46.2. The van der Waals surface area contributed by atoms with Crippen molar-refractivity contribution in [3.63, 3.8) is 0 Å². The lowest BCUT2D eigenvalue weighted by Gasteiger charge is -2.21. The fourth-order valence-electron chi connectivity index (χ4n) is 11.8. The number of hydrogen-bond donors (Lipinski definition) is 3. The van der Waals surface area contributed by atoms with E-state index in [2.05, 4.69) is 48.5 Å². The molecule has 0 fully saturated rings. The van der Waals surface area contributed by atoms with Crippen LogP contribution in [-0.2, 0) is 65.4 Å². The van der Waals surface area contributed by atoms with Crippen LogP contribution in [0.5, 0.6) is 0 Å². The maximum Gasteiger partial charge on any atom is 0.472 e. The predicted octanol–water partition coefficient (Wildman–Crippen LogP) is 22.6. The molecule has 0 aromatic rings. The Bertz CT molecular complexity index is 1870. The lowest BCUT2D eigenvalue weighted by molar-refractivity contribution is -0.161. The molecule has 17 nitrogen and oxygen atoms in total. The minimum Gasteiger partial charge on any atom is -0.462 e. The summed E-state index contributed by atoms with van der Waals surface area (Å²) in [5, 5.41) is 10.6. The smallest absolute Gasteiger partial charge is 0.462 e. The van der Waals surface area contributed by atoms with E-state index >= 15 is 0 Å². The zero-order valence-corrected chi connectivity index (χ0v) is 64.6. The second kappa shape index (κ2) is 67.5. The molecule has 0 saturated carbocycles. The van der Waals surface area contributed by atoms with Crippen LogP contribution in [0.15, 0.2) is 0 Å². The van der Waals surface area contributed by atoms with E-state index in [0.717, 1.165) is 108 Å². The summed E-state index contributed by atoms with van der Waals surface area (Å²) in [6.07, 6.45) is 54.2. The van der Waals surface area contributed by atoms with E-state index in [-0.39, 0.29) is 25.7 Å². The van der Waals surface area contributed by atoms with E-state index in [4.69, 9.17) is 37.0 Å². The van der Waals surface area contributed by atoms with Gasteiger partial charge >= 0.3 is 39.5 Å². The highest BCUT2D eigenvalue weighted by Gasteiger charge is 2.30. The zero-order valence-electron chi connectivity index (χ0n) is 62.8. The fraction of sp³-hybridized carbons (Fsp3) is 0.948. The van der Waals surface area contributed by atoms with Crippen LogP contribution in [0.25, 0.3) is 0 Å². The average Bonchev–Trinajstić information content (AvgIpc) is 1.31. The van der Waals surface area contributed by atoms with Gasteiger partial charge in [-0.1, -0.05) is 344 Å². The highest BCUT2D eigenvalue weighted by molar-refractivity contribution is 7.47. The molecule has 0 aromatic carbocycles. The molecule has 0 aliphatic rings. The summed E-state index contributed by atoms with van der Waals surface area (Å²) in [6.45, 7) is 11.9. The number of phosphoric ester groups is 2. The zero-order chi connectivity index (χ0) is 70.9. The van der Waals surface area contributed by atoms with Gasteiger partial charge in [0.25, 0.3) is 0 Å². The SMILES string of the molecule is CCCCCCCCCCCCCCCCCC(=O)O[C@H](COC(=O)CCCCCCCCC(C)C)COP(=O)(O)OC[C@H](O)COP(=O)(O)OC[C@@H](COC(=O)CCCCCCCCCCCCCCC(C)C)OC(=O)CCCCCCCCCCCCCCCCC(C)C. The molecular formula is C77H150O17P2. The minimum atomic E-state index is -4.96. The first-order valence-electron chi connectivity index (χ1n) is 39.8. The Hall–Kier alpha value is -1.94. The van der Waals surface area contributed by atoms with Crippen molar-refractivity contribution in [2.45, 2.75) is 414 Å². The first-order valence-corrected chi connectivity index (χ1v) is 42.8. The molecule has 0 heterocycles. The van der Waals surface area contributed by atoms with Crippen LogP contribution >= 0.6 is 15.6 Å². The molecule has 96 heavy (non-hydrogen) atoms. The van der Waals surface area contributed by atoms with Crippen LogP contribution in [0.1, 0.15) is 395 Å². The second-order valence-electron chi connectivity index (χ2n) is 29.2. The Morgan fingerprint density at radius 3 is 0.708 bits per heavy atom. The molecule has 5 atom stereocenters. The van der Waals surface area contributed by atoms with Crippen molar-refractivity contribution in [3.05, 3.63) is 0 Å². The van der Waals surface area contributed by atoms with Crippen LogP contribution in [-0.4, -0.2) is 96.7 Å². The molecule has 0 aliphatic carbocycles. The number of rotatable bonds is 75. The van der Waals surface area contributed by atoms with E-state index < -0.39 is 97.5 Å². The molecule has 0 amide bonds. The standard InChI is InChI=1S/C77H150O17P2/c1-8-9-10-11-12-13-14-15-16-20-27-32-37-46-53-61-77(82)94-73(65-88-75(80)59-52-45-40-39-43-50-57-70(6)7)67-92-96(85,86)90-63-71(78)62-89-95(83,84)91-66-72(64-87-74(79)58-51-44-36-31-26-23-22-25-30-35-42-49-56-69(4)5)93-76(81)60-54-47-38-33-28-21-18-17-19-24-29-34-41-48-55-68(2)3/h68-73,78H,8-67H2,1-7H3,(H,83,84)(H,85,86)/t71-,72-,73-/m1/s1. The Balaban J connectivity index is 5.24. The van der Waals surface area contributed by atoms with E-state index in [1.807, 2.05) is 0 Å². The van der Waals surface area contributed by atoms with E-state index in [1.54, 1.807) is 0 Å². The maximum atomic E-state index is 13.1. The number of phosphoric acid groups is 2. The molecule has 0 radical (unpaired) electrons. The lowest BCUT2D eigenvalue weighted by atomic mass is 10.0.